The molecule has 1 amide bonds. The van der Waals surface area contributed by atoms with Crippen LogP contribution in [-0.4, -0.2) is 51.6 Å². The van der Waals surface area contributed by atoms with Crippen LogP contribution in [0, 0.1) is 5.92 Å². The van der Waals surface area contributed by atoms with Gasteiger partial charge in [0, 0.05) is 24.6 Å². The number of likely N-dealkylation sites (tertiary alicyclic amines) is 1. The highest BCUT2D eigenvalue weighted by Gasteiger charge is 2.39. The lowest BCUT2D eigenvalue weighted by molar-refractivity contribution is -0.276. The maximum atomic E-state index is 12.9. The Morgan fingerprint density at radius 3 is 2.35 bits per heavy atom. The molecule has 2 fully saturated rings. The van der Waals surface area contributed by atoms with Crippen molar-refractivity contribution in [1.29, 1.82) is 0 Å². The second-order valence-corrected chi connectivity index (χ2v) is 12.9. The number of fused-ring (bicyclic) bond motifs is 1. The van der Waals surface area contributed by atoms with Crippen molar-refractivity contribution in [3.63, 3.8) is 0 Å². The fourth-order valence-electron chi connectivity index (χ4n) is 6.76. The third-order valence-corrected chi connectivity index (χ3v) is 9.59. The third-order valence-electron chi connectivity index (χ3n) is 9.59. The van der Waals surface area contributed by atoms with E-state index < -0.39 is 6.29 Å². The topological polar surface area (TPSA) is 96.8 Å². The van der Waals surface area contributed by atoms with Gasteiger partial charge < -0.3 is 24.8 Å². The summed E-state index contributed by atoms with van der Waals surface area (Å²) < 4.78 is 13.4. The first-order valence-corrected chi connectivity index (χ1v) is 17.0. The van der Waals surface area contributed by atoms with Gasteiger partial charge in [0.15, 0.2) is 6.29 Å². The minimum atomic E-state index is -0.493. The van der Waals surface area contributed by atoms with Gasteiger partial charge in [0.1, 0.15) is 5.69 Å². The van der Waals surface area contributed by atoms with Gasteiger partial charge in [-0.25, -0.2) is 4.98 Å². The zero-order valence-electron chi connectivity index (χ0n) is 27.3. The molecule has 0 aliphatic carbocycles. The molecule has 2 saturated heterocycles. The maximum Gasteiger partial charge on any atom is 0.271 e. The largest absolute Gasteiger partial charge is 0.392 e. The Kier molecular flexibility index (Phi) is 9.86. The van der Waals surface area contributed by atoms with E-state index in [4.69, 9.17) is 9.47 Å². The van der Waals surface area contributed by atoms with Crippen molar-refractivity contribution in [3.8, 4) is 11.1 Å². The van der Waals surface area contributed by atoms with Crippen LogP contribution < -0.4 is 5.32 Å². The Bertz CT molecular complexity index is 1840. The van der Waals surface area contributed by atoms with E-state index in [0.717, 1.165) is 58.5 Å². The van der Waals surface area contributed by atoms with Gasteiger partial charge >= 0.3 is 0 Å². The summed E-state index contributed by atoms with van der Waals surface area (Å²) >= 11 is 0. The van der Waals surface area contributed by atoms with Gasteiger partial charge in [-0.1, -0.05) is 92.2 Å². The monoisotopic (exact) mass is 642 g/mol. The number of piperidine rings is 1. The Balaban J connectivity index is 1.05. The molecule has 246 valence electrons. The summed E-state index contributed by atoms with van der Waals surface area (Å²) in [6.07, 6.45) is 4.69. The Hall–Kier alpha value is -4.47. The van der Waals surface area contributed by atoms with E-state index in [1.165, 1.54) is 25.5 Å². The molecule has 8 nitrogen and oxygen atoms in total. The number of ether oxygens (including phenoxy) is 2. The number of aliphatic hydroxyl groups is 1. The number of aliphatic hydroxyl groups excluding tert-OH is 1. The summed E-state index contributed by atoms with van der Waals surface area (Å²) in [7, 11) is 0. The van der Waals surface area contributed by atoms with Crippen molar-refractivity contribution >= 4 is 16.9 Å². The number of rotatable bonds is 9. The number of hydrogen-bond donors (Lipinski definition) is 2. The first kappa shape index (κ1) is 32.1. The van der Waals surface area contributed by atoms with E-state index in [2.05, 4.69) is 75.6 Å². The third kappa shape index (κ3) is 7.32. The van der Waals surface area contributed by atoms with E-state index in [1.807, 2.05) is 48.5 Å². The van der Waals surface area contributed by atoms with Crippen molar-refractivity contribution in [2.75, 3.05) is 19.6 Å². The molecular formula is C40H42N4O4. The number of carbonyl (C=O) groups is 1. The lowest BCUT2D eigenvalue weighted by Crippen LogP contribution is -2.45. The molecule has 8 heteroatoms. The maximum absolute atomic E-state index is 12.9. The van der Waals surface area contributed by atoms with Crippen LogP contribution in [0.2, 0.25) is 0 Å². The molecule has 2 aliphatic rings. The Morgan fingerprint density at radius 2 is 1.58 bits per heavy atom. The first-order valence-electron chi connectivity index (χ1n) is 17.0. The predicted molar refractivity (Wildman–Crippen MR) is 186 cm³/mol. The molecule has 48 heavy (non-hydrogen) atoms. The number of nitrogens with one attached hydrogen (secondary N) is 1. The SMILES string of the molecule is C[C@H]1[C@@H](CN2CCCCC2)O[C@@H](c2ccc(-c3cccc(CNC(=O)c4cnc5ccccc5n4)c3)cc2)O[C@H]1c1ccc(CO)cc1. The lowest BCUT2D eigenvalue weighted by atomic mass is 9.89. The second-order valence-electron chi connectivity index (χ2n) is 12.9. The summed E-state index contributed by atoms with van der Waals surface area (Å²) in [5.41, 5.74) is 7.83. The molecular weight excluding hydrogens is 600 g/mol. The van der Waals surface area contributed by atoms with E-state index in [9.17, 15) is 9.90 Å². The Labute approximate surface area is 281 Å². The summed E-state index contributed by atoms with van der Waals surface area (Å²) in [4.78, 5) is 24.2. The summed E-state index contributed by atoms with van der Waals surface area (Å²) in [5, 5.41) is 12.6. The van der Waals surface area contributed by atoms with Crippen molar-refractivity contribution in [3.05, 3.63) is 131 Å². The number of hydrogen-bond acceptors (Lipinski definition) is 7. The fraction of sp³-hybridized carbons (Fsp3) is 0.325. The molecule has 4 atom stereocenters. The number of amides is 1. The molecule has 1 aromatic heterocycles. The number of nitrogens with zero attached hydrogens (tertiary/aromatic N) is 3. The van der Waals surface area contributed by atoms with Gasteiger partial charge in [0.2, 0.25) is 0 Å². The van der Waals surface area contributed by atoms with Crippen molar-refractivity contribution in [2.24, 2.45) is 5.92 Å². The zero-order valence-corrected chi connectivity index (χ0v) is 27.3. The summed E-state index contributed by atoms with van der Waals surface area (Å²) in [6, 6.07) is 32.2. The molecule has 0 radical (unpaired) electrons. The smallest absolute Gasteiger partial charge is 0.271 e. The fourth-order valence-corrected chi connectivity index (χ4v) is 6.76. The van der Waals surface area contributed by atoms with Crippen LogP contribution in [0.5, 0.6) is 0 Å². The lowest BCUT2D eigenvalue weighted by Gasteiger charge is -2.43. The van der Waals surface area contributed by atoms with E-state index in [1.54, 1.807) is 0 Å². The highest BCUT2D eigenvalue weighted by atomic mass is 16.7. The van der Waals surface area contributed by atoms with Gasteiger partial charge in [-0.2, -0.15) is 0 Å². The minimum Gasteiger partial charge on any atom is -0.392 e. The van der Waals surface area contributed by atoms with E-state index in [-0.39, 0.29) is 30.6 Å². The first-order chi connectivity index (χ1) is 23.5. The predicted octanol–water partition coefficient (Wildman–Crippen LogP) is 7.00. The quantitative estimate of drug-likeness (QED) is 0.179. The second kappa shape index (κ2) is 14.7. The van der Waals surface area contributed by atoms with Crippen LogP contribution in [-0.2, 0) is 22.6 Å². The van der Waals surface area contributed by atoms with Crippen LogP contribution in [0.1, 0.15) is 71.3 Å². The zero-order chi connectivity index (χ0) is 32.9. The number of para-hydroxylation sites is 2. The molecule has 0 saturated carbocycles. The number of carbonyl (C=O) groups excluding carboxylic acids is 1. The summed E-state index contributed by atoms with van der Waals surface area (Å²) in [6.45, 7) is 5.74. The van der Waals surface area contributed by atoms with Crippen LogP contribution in [0.3, 0.4) is 0 Å². The number of benzene rings is 4. The molecule has 0 unspecified atom stereocenters. The van der Waals surface area contributed by atoms with E-state index in [0.29, 0.717) is 17.8 Å². The molecule has 7 rings (SSSR count). The molecule has 2 aliphatic heterocycles. The summed E-state index contributed by atoms with van der Waals surface area (Å²) in [5.74, 6) is -0.0926. The van der Waals surface area contributed by atoms with Crippen LogP contribution in [0.4, 0.5) is 0 Å². The average molecular weight is 643 g/mol. The molecule has 2 N–H and O–H groups in total. The van der Waals surface area contributed by atoms with Crippen LogP contribution in [0.15, 0.2) is 103 Å². The van der Waals surface area contributed by atoms with Gasteiger partial charge in [-0.3, -0.25) is 9.78 Å². The highest BCUT2D eigenvalue weighted by Crippen LogP contribution is 2.42. The van der Waals surface area contributed by atoms with Crippen molar-refractivity contribution in [2.45, 2.75) is 57.8 Å². The van der Waals surface area contributed by atoms with Gasteiger partial charge in [-0.05, 0) is 71.9 Å². The standard InChI is InChI=1S/C40H42N4O4/c1-27-37(25-44-20-5-2-6-21-44)47-40(48-38(27)31-14-12-28(26-45)13-15-31)32-18-16-30(17-19-32)33-9-7-8-29(22-33)23-42-39(46)36-24-41-34-10-3-4-11-35(34)43-36/h3-4,7-19,22,24,27,37-38,40,45H,2,5-6,20-21,23,25-26H2,1H3,(H,42,46)/t27-,37+,38+,40+/m0/s1. The number of aromatic nitrogens is 2. The molecule has 5 aromatic rings. The van der Waals surface area contributed by atoms with Crippen molar-refractivity contribution in [1.82, 2.24) is 20.2 Å². The van der Waals surface area contributed by atoms with Crippen molar-refractivity contribution < 1.29 is 19.4 Å². The highest BCUT2D eigenvalue weighted by molar-refractivity contribution is 5.93. The van der Waals surface area contributed by atoms with Crippen LogP contribution in [0.25, 0.3) is 22.2 Å². The normalized spacial score (nSPS) is 21.6. The minimum absolute atomic E-state index is 0.0229. The van der Waals surface area contributed by atoms with Gasteiger partial charge in [0.05, 0.1) is 36.0 Å². The van der Waals surface area contributed by atoms with E-state index >= 15 is 0 Å². The van der Waals surface area contributed by atoms with Gasteiger partial charge in [0.25, 0.3) is 5.91 Å². The average Bonchev–Trinajstić information content (AvgIpc) is 3.15. The molecule has 3 heterocycles. The van der Waals surface area contributed by atoms with Gasteiger partial charge in [-0.15, -0.1) is 0 Å². The molecule has 4 aromatic carbocycles. The molecule has 0 spiro atoms. The molecule has 0 bridgehead atoms. The Morgan fingerprint density at radius 1 is 0.833 bits per heavy atom. The van der Waals surface area contributed by atoms with Crippen LogP contribution >= 0.6 is 0 Å².